The van der Waals surface area contributed by atoms with Crippen LogP contribution in [-0.2, 0) is 0 Å². The number of thiol groups is 1. The van der Waals surface area contributed by atoms with Gasteiger partial charge in [0.2, 0.25) is 0 Å². The zero-order valence-corrected chi connectivity index (χ0v) is 7.81. The highest BCUT2D eigenvalue weighted by Gasteiger charge is 2.02. The molecule has 0 saturated heterocycles. The Morgan fingerprint density at radius 1 is 1.46 bits per heavy atom. The minimum atomic E-state index is -0.494. The standard InChI is InChI=1S/C10H9FOS/c11-9-5-3-6-10(12)8(9)4-1-2-7-13/h3,5-6,12-13H,2,7H2. The molecule has 1 N–H and O–H groups in total. The Balaban J connectivity index is 2.95. The van der Waals surface area contributed by atoms with Crippen LogP contribution < -0.4 is 0 Å². The molecular weight excluding hydrogens is 187 g/mol. The first-order chi connectivity index (χ1) is 6.25. The molecule has 0 unspecified atom stereocenters. The first-order valence-electron chi connectivity index (χ1n) is 3.83. The van der Waals surface area contributed by atoms with E-state index in [1.807, 2.05) is 0 Å². The molecule has 0 aromatic heterocycles. The predicted octanol–water partition coefficient (Wildman–Crippen LogP) is 2.20. The minimum Gasteiger partial charge on any atom is -0.507 e. The lowest BCUT2D eigenvalue weighted by molar-refractivity contribution is 0.467. The van der Waals surface area contributed by atoms with Gasteiger partial charge in [-0.3, -0.25) is 0 Å². The van der Waals surface area contributed by atoms with Crippen molar-refractivity contribution in [2.24, 2.45) is 0 Å². The maximum Gasteiger partial charge on any atom is 0.142 e. The highest BCUT2D eigenvalue weighted by molar-refractivity contribution is 7.80. The monoisotopic (exact) mass is 196 g/mol. The molecule has 68 valence electrons. The second-order valence-electron chi connectivity index (χ2n) is 2.41. The van der Waals surface area contributed by atoms with E-state index in [2.05, 4.69) is 24.5 Å². The summed E-state index contributed by atoms with van der Waals surface area (Å²) in [5, 5.41) is 9.23. The van der Waals surface area contributed by atoms with Crippen molar-refractivity contribution in [3.8, 4) is 17.6 Å². The average molecular weight is 196 g/mol. The summed E-state index contributed by atoms with van der Waals surface area (Å²) in [6.07, 6.45) is 0.580. The van der Waals surface area contributed by atoms with E-state index < -0.39 is 5.82 Å². The maximum atomic E-state index is 13.0. The van der Waals surface area contributed by atoms with Gasteiger partial charge in [-0.15, -0.1) is 0 Å². The van der Waals surface area contributed by atoms with Crippen LogP contribution in [0.25, 0.3) is 0 Å². The van der Waals surface area contributed by atoms with Crippen LogP contribution in [0.15, 0.2) is 18.2 Å². The van der Waals surface area contributed by atoms with Crippen LogP contribution in [0.4, 0.5) is 4.39 Å². The van der Waals surface area contributed by atoms with Gasteiger partial charge in [-0.05, 0) is 12.1 Å². The Bertz CT molecular complexity index is 331. The van der Waals surface area contributed by atoms with Crippen LogP contribution in [0.2, 0.25) is 0 Å². The Morgan fingerprint density at radius 3 is 2.85 bits per heavy atom. The lowest BCUT2D eigenvalue weighted by Gasteiger charge is -1.96. The molecule has 0 atom stereocenters. The molecule has 0 aliphatic heterocycles. The van der Waals surface area contributed by atoms with E-state index in [4.69, 9.17) is 0 Å². The first kappa shape index (κ1) is 9.94. The Morgan fingerprint density at radius 2 is 2.23 bits per heavy atom. The SMILES string of the molecule is Oc1cccc(F)c1C#CCCS. The number of phenols is 1. The molecule has 13 heavy (non-hydrogen) atoms. The van der Waals surface area contributed by atoms with Crippen LogP contribution in [0.3, 0.4) is 0 Å². The van der Waals surface area contributed by atoms with Gasteiger partial charge >= 0.3 is 0 Å². The summed E-state index contributed by atoms with van der Waals surface area (Å²) in [5.41, 5.74) is 0.0595. The molecule has 0 amide bonds. The molecule has 0 radical (unpaired) electrons. The van der Waals surface area contributed by atoms with E-state index in [9.17, 15) is 9.50 Å². The third-order valence-electron chi connectivity index (χ3n) is 1.44. The summed E-state index contributed by atoms with van der Waals surface area (Å²) in [4.78, 5) is 0. The number of hydrogen-bond acceptors (Lipinski definition) is 2. The second kappa shape index (κ2) is 4.78. The summed E-state index contributed by atoms with van der Waals surface area (Å²) < 4.78 is 13.0. The van der Waals surface area contributed by atoms with E-state index >= 15 is 0 Å². The van der Waals surface area contributed by atoms with Gasteiger partial charge in [-0.1, -0.05) is 17.9 Å². The van der Waals surface area contributed by atoms with Gasteiger partial charge in [0.05, 0.1) is 0 Å². The van der Waals surface area contributed by atoms with Crippen molar-refractivity contribution in [3.05, 3.63) is 29.6 Å². The van der Waals surface area contributed by atoms with Crippen molar-refractivity contribution in [3.63, 3.8) is 0 Å². The van der Waals surface area contributed by atoms with E-state index in [-0.39, 0.29) is 11.3 Å². The third kappa shape index (κ3) is 2.67. The smallest absolute Gasteiger partial charge is 0.142 e. The Kier molecular flexibility index (Phi) is 3.66. The van der Waals surface area contributed by atoms with Crippen LogP contribution in [0, 0.1) is 17.7 Å². The quantitative estimate of drug-likeness (QED) is 0.521. The Hall–Kier alpha value is -1.14. The third-order valence-corrected chi connectivity index (χ3v) is 1.67. The van der Waals surface area contributed by atoms with Crippen molar-refractivity contribution in [2.45, 2.75) is 6.42 Å². The molecule has 1 nitrogen and oxygen atoms in total. The molecule has 1 aromatic rings. The summed E-state index contributed by atoms with van der Waals surface area (Å²) in [7, 11) is 0. The summed E-state index contributed by atoms with van der Waals surface area (Å²) in [6.45, 7) is 0. The summed E-state index contributed by atoms with van der Waals surface area (Å²) >= 11 is 3.96. The Labute approximate surface area is 82.0 Å². The topological polar surface area (TPSA) is 20.2 Å². The van der Waals surface area contributed by atoms with Gasteiger partial charge in [0.15, 0.2) is 0 Å². The maximum absolute atomic E-state index is 13.0. The average Bonchev–Trinajstić information content (AvgIpc) is 2.10. The molecular formula is C10H9FOS. The fraction of sp³-hybridized carbons (Fsp3) is 0.200. The van der Waals surface area contributed by atoms with Crippen LogP contribution in [-0.4, -0.2) is 10.9 Å². The molecule has 0 saturated carbocycles. The predicted molar refractivity (Wildman–Crippen MR) is 53.4 cm³/mol. The van der Waals surface area contributed by atoms with Crippen molar-refractivity contribution >= 4 is 12.6 Å². The van der Waals surface area contributed by atoms with Gasteiger partial charge in [0.25, 0.3) is 0 Å². The molecule has 0 fully saturated rings. The van der Waals surface area contributed by atoms with Gasteiger partial charge in [0.1, 0.15) is 17.1 Å². The molecule has 1 rings (SSSR count). The van der Waals surface area contributed by atoms with Crippen LogP contribution in [0.5, 0.6) is 5.75 Å². The number of hydrogen-bond donors (Lipinski definition) is 2. The molecule has 0 heterocycles. The zero-order chi connectivity index (χ0) is 9.68. The molecule has 1 aromatic carbocycles. The normalized spacial score (nSPS) is 9.08. The van der Waals surface area contributed by atoms with Crippen molar-refractivity contribution < 1.29 is 9.50 Å². The van der Waals surface area contributed by atoms with Gasteiger partial charge in [-0.2, -0.15) is 12.6 Å². The lowest BCUT2D eigenvalue weighted by atomic mass is 10.2. The number of aromatic hydroxyl groups is 1. The van der Waals surface area contributed by atoms with E-state index in [1.54, 1.807) is 0 Å². The first-order valence-corrected chi connectivity index (χ1v) is 4.46. The number of benzene rings is 1. The second-order valence-corrected chi connectivity index (χ2v) is 2.86. The van der Waals surface area contributed by atoms with Gasteiger partial charge in [-0.25, -0.2) is 4.39 Å². The van der Waals surface area contributed by atoms with Crippen LogP contribution in [0.1, 0.15) is 12.0 Å². The zero-order valence-electron chi connectivity index (χ0n) is 6.92. The molecule has 0 aliphatic carbocycles. The van der Waals surface area contributed by atoms with Crippen molar-refractivity contribution in [1.29, 1.82) is 0 Å². The minimum absolute atomic E-state index is 0.0595. The lowest BCUT2D eigenvalue weighted by Crippen LogP contribution is -1.83. The molecule has 0 spiro atoms. The van der Waals surface area contributed by atoms with E-state index in [0.29, 0.717) is 12.2 Å². The van der Waals surface area contributed by atoms with Gasteiger partial charge in [0, 0.05) is 12.2 Å². The van der Waals surface area contributed by atoms with E-state index in [1.165, 1.54) is 18.2 Å². The molecule has 3 heteroatoms. The van der Waals surface area contributed by atoms with Gasteiger partial charge < -0.3 is 5.11 Å². The number of halogens is 1. The van der Waals surface area contributed by atoms with Crippen molar-refractivity contribution in [2.75, 3.05) is 5.75 Å². The number of phenolic OH excluding ortho intramolecular Hbond substituents is 1. The fourth-order valence-corrected chi connectivity index (χ4v) is 0.955. The summed E-state index contributed by atoms with van der Waals surface area (Å²) in [6, 6.07) is 4.12. The van der Waals surface area contributed by atoms with Crippen LogP contribution >= 0.6 is 12.6 Å². The molecule has 0 bridgehead atoms. The largest absolute Gasteiger partial charge is 0.507 e. The highest BCUT2D eigenvalue weighted by atomic mass is 32.1. The number of rotatable bonds is 1. The molecule has 0 aliphatic rings. The fourth-order valence-electron chi connectivity index (χ4n) is 0.843. The summed E-state index contributed by atoms with van der Waals surface area (Å²) in [5.74, 6) is 5.28. The highest BCUT2D eigenvalue weighted by Crippen LogP contribution is 2.17. The van der Waals surface area contributed by atoms with Crippen molar-refractivity contribution in [1.82, 2.24) is 0 Å². The van der Waals surface area contributed by atoms with E-state index in [0.717, 1.165) is 0 Å².